The van der Waals surface area contributed by atoms with Gasteiger partial charge in [0, 0.05) is 0 Å². The first kappa shape index (κ1) is 17.0. The zero-order valence-corrected chi connectivity index (χ0v) is 13.7. The Morgan fingerprint density at radius 3 is 2.30 bits per heavy atom. The molecule has 0 fully saturated rings. The molecule has 0 aliphatic rings. The number of hydrogen-bond donors (Lipinski definition) is 1. The fourth-order valence-corrected chi connectivity index (χ4v) is 2.71. The highest BCUT2D eigenvalue weighted by molar-refractivity contribution is 5.80. The molecule has 0 unspecified atom stereocenters. The number of rotatable bonds is 3. The molecule has 2 N–H and O–H groups in total. The van der Waals surface area contributed by atoms with Crippen molar-refractivity contribution in [3.8, 4) is 11.6 Å². The Morgan fingerprint density at radius 1 is 0.889 bits per heavy atom. The van der Waals surface area contributed by atoms with Crippen LogP contribution in [-0.4, -0.2) is 20.2 Å². The number of nitrogens with two attached hydrogens (primary N) is 1. The van der Waals surface area contributed by atoms with Gasteiger partial charge >= 0.3 is 6.18 Å². The van der Waals surface area contributed by atoms with Gasteiger partial charge < -0.3 is 10.2 Å². The Balaban J connectivity index is 1.68. The third-order valence-electron chi connectivity index (χ3n) is 3.93. The van der Waals surface area contributed by atoms with Crippen LogP contribution in [0, 0.1) is 0 Å². The van der Waals surface area contributed by atoms with E-state index in [1.165, 1.54) is 18.2 Å². The number of alkyl halides is 3. The molecule has 0 radical (unpaired) electrons. The topological polar surface area (TPSA) is 90.7 Å². The lowest BCUT2D eigenvalue weighted by molar-refractivity contribution is -0.138. The van der Waals surface area contributed by atoms with Gasteiger partial charge in [-0.2, -0.15) is 13.2 Å². The average Bonchev–Trinajstić information content (AvgIpc) is 3.09. The molecule has 27 heavy (non-hydrogen) atoms. The summed E-state index contributed by atoms with van der Waals surface area (Å²) in [7, 11) is 0. The number of halogens is 3. The number of fused-ring (bicyclic) bond motifs is 1. The zero-order valence-electron chi connectivity index (χ0n) is 13.7. The maximum atomic E-state index is 13.1. The van der Waals surface area contributed by atoms with Gasteiger partial charge in [-0.15, -0.1) is 10.2 Å². The Kier molecular flexibility index (Phi) is 3.98. The smallest absolute Gasteiger partial charge is 0.416 e. The molecular weight excluding hydrogens is 359 g/mol. The van der Waals surface area contributed by atoms with Crippen molar-refractivity contribution in [1.82, 2.24) is 20.2 Å². The molecule has 2 aromatic heterocycles. The van der Waals surface area contributed by atoms with Crippen molar-refractivity contribution in [2.75, 3.05) is 5.73 Å². The summed E-state index contributed by atoms with van der Waals surface area (Å²) in [5.74, 6) is 0.126. The minimum atomic E-state index is -4.46. The van der Waals surface area contributed by atoms with E-state index in [9.17, 15) is 13.2 Å². The van der Waals surface area contributed by atoms with Crippen LogP contribution in [0.15, 0.2) is 52.9 Å². The van der Waals surface area contributed by atoms with Gasteiger partial charge in [0.25, 0.3) is 5.89 Å². The number of benzene rings is 2. The molecule has 6 nitrogen and oxygen atoms in total. The van der Waals surface area contributed by atoms with Crippen LogP contribution in [0.3, 0.4) is 0 Å². The Labute approximate surface area is 150 Å². The molecule has 0 saturated heterocycles. The predicted molar refractivity (Wildman–Crippen MR) is 91.5 cm³/mol. The number of para-hydroxylation sites is 2. The van der Waals surface area contributed by atoms with E-state index in [4.69, 9.17) is 10.2 Å². The lowest BCUT2D eigenvalue weighted by atomic mass is 10.0. The van der Waals surface area contributed by atoms with Crippen molar-refractivity contribution < 1.29 is 17.6 Å². The van der Waals surface area contributed by atoms with Crippen LogP contribution in [-0.2, 0) is 12.6 Å². The largest absolute Gasteiger partial charge is 0.419 e. The fourth-order valence-electron chi connectivity index (χ4n) is 2.71. The van der Waals surface area contributed by atoms with Crippen molar-refractivity contribution >= 4 is 16.9 Å². The number of nitrogen functional groups attached to an aromatic ring is 1. The molecule has 2 aromatic carbocycles. The minimum Gasteiger partial charge on any atom is -0.419 e. The van der Waals surface area contributed by atoms with Gasteiger partial charge in [0.15, 0.2) is 11.5 Å². The second-order valence-electron chi connectivity index (χ2n) is 5.78. The predicted octanol–water partition coefficient (Wildman–Crippen LogP) is 3.87. The molecule has 0 bridgehead atoms. The van der Waals surface area contributed by atoms with E-state index in [-0.39, 0.29) is 35.3 Å². The number of aromatic nitrogens is 4. The van der Waals surface area contributed by atoms with Crippen LogP contribution < -0.4 is 5.73 Å². The van der Waals surface area contributed by atoms with Crippen molar-refractivity contribution in [3.63, 3.8) is 0 Å². The second kappa shape index (κ2) is 6.35. The van der Waals surface area contributed by atoms with Crippen molar-refractivity contribution in [2.45, 2.75) is 12.6 Å². The minimum absolute atomic E-state index is 0.00485. The first-order valence-corrected chi connectivity index (χ1v) is 7.92. The first-order chi connectivity index (χ1) is 12.9. The van der Waals surface area contributed by atoms with Crippen LogP contribution in [0.1, 0.15) is 17.0 Å². The molecule has 136 valence electrons. The van der Waals surface area contributed by atoms with Crippen molar-refractivity contribution in [1.29, 1.82) is 0 Å². The Bertz CT molecular complexity index is 1120. The summed E-state index contributed by atoms with van der Waals surface area (Å²) < 4.78 is 44.9. The normalized spacial score (nSPS) is 11.8. The van der Waals surface area contributed by atoms with Crippen molar-refractivity contribution in [3.05, 3.63) is 65.5 Å². The van der Waals surface area contributed by atoms with Crippen LogP contribution >= 0.6 is 0 Å². The Hall–Kier alpha value is -3.49. The average molecular weight is 371 g/mol. The highest BCUT2D eigenvalue weighted by atomic mass is 19.4. The van der Waals surface area contributed by atoms with E-state index in [2.05, 4.69) is 20.2 Å². The quantitative estimate of drug-likeness (QED) is 0.588. The molecule has 4 rings (SSSR count). The monoisotopic (exact) mass is 371 g/mol. The van der Waals surface area contributed by atoms with Gasteiger partial charge in [0.1, 0.15) is 0 Å². The van der Waals surface area contributed by atoms with E-state index in [1.807, 2.05) is 0 Å². The van der Waals surface area contributed by atoms with Gasteiger partial charge in [-0.25, -0.2) is 9.97 Å². The van der Waals surface area contributed by atoms with Crippen LogP contribution in [0.2, 0.25) is 0 Å². The Morgan fingerprint density at radius 2 is 1.56 bits per heavy atom. The summed E-state index contributed by atoms with van der Waals surface area (Å²) in [6.45, 7) is 0. The molecule has 0 amide bonds. The maximum absolute atomic E-state index is 13.1. The number of hydrogen-bond acceptors (Lipinski definition) is 6. The molecule has 0 saturated carbocycles. The van der Waals surface area contributed by atoms with Gasteiger partial charge in [0.05, 0.1) is 23.0 Å². The molecule has 9 heteroatoms. The first-order valence-electron chi connectivity index (χ1n) is 7.92. The summed E-state index contributed by atoms with van der Waals surface area (Å²) in [5, 5.41) is 7.69. The molecule has 4 aromatic rings. The highest BCUT2D eigenvalue weighted by Crippen LogP contribution is 2.33. The second-order valence-corrected chi connectivity index (χ2v) is 5.78. The maximum Gasteiger partial charge on any atom is 0.416 e. The third kappa shape index (κ3) is 3.31. The highest BCUT2D eigenvalue weighted by Gasteiger charge is 2.33. The summed E-state index contributed by atoms with van der Waals surface area (Å²) in [4.78, 5) is 8.59. The lowest BCUT2D eigenvalue weighted by Gasteiger charge is -2.10. The summed E-state index contributed by atoms with van der Waals surface area (Å²) in [6.07, 6.45) is -4.63. The molecule has 2 heterocycles. The zero-order chi connectivity index (χ0) is 19.0. The van der Waals surface area contributed by atoms with Gasteiger partial charge in [0.2, 0.25) is 5.89 Å². The van der Waals surface area contributed by atoms with E-state index < -0.39 is 11.7 Å². The van der Waals surface area contributed by atoms with E-state index in [0.717, 1.165) is 6.07 Å². The van der Waals surface area contributed by atoms with Crippen molar-refractivity contribution in [2.24, 2.45) is 0 Å². The molecular formula is C18H12F3N5O. The molecule has 0 atom stereocenters. The molecule has 0 aliphatic heterocycles. The van der Waals surface area contributed by atoms with Gasteiger partial charge in [-0.05, 0) is 23.8 Å². The van der Waals surface area contributed by atoms with Gasteiger partial charge in [-0.1, -0.05) is 30.3 Å². The van der Waals surface area contributed by atoms with E-state index in [1.54, 1.807) is 24.3 Å². The third-order valence-corrected chi connectivity index (χ3v) is 3.93. The summed E-state index contributed by atoms with van der Waals surface area (Å²) in [6, 6.07) is 12.4. The lowest BCUT2D eigenvalue weighted by Crippen LogP contribution is -2.09. The molecule has 0 spiro atoms. The number of anilines is 1. The summed E-state index contributed by atoms with van der Waals surface area (Å²) in [5.41, 5.74) is 6.60. The molecule has 0 aliphatic carbocycles. The van der Waals surface area contributed by atoms with Crippen LogP contribution in [0.4, 0.5) is 19.0 Å². The fraction of sp³-hybridized carbons (Fsp3) is 0.111. The standard InChI is InChI=1S/C18H12F3N5O/c19-18(20,21)11-6-2-1-5-10(11)9-14-25-26-17(27-14)15-16(22)24-13-8-4-3-7-12(13)23-15/h1-8H,9H2,(H2,22,24). The van der Waals surface area contributed by atoms with Crippen LogP contribution in [0.25, 0.3) is 22.6 Å². The van der Waals surface area contributed by atoms with Crippen LogP contribution in [0.5, 0.6) is 0 Å². The van der Waals surface area contributed by atoms with Gasteiger partial charge in [-0.3, -0.25) is 0 Å². The number of nitrogens with zero attached hydrogens (tertiary/aromatic N) is 4. The summed E-state index contributed by atoms with van der Waals surface area (Å²) >= 11 is 0. The van der Waals surface area contributed by atoms with E-state index in [0.29, 0.717) is 11.0 Å². The van der Waals surface area contributed by atoms with E-state index >= 15 is 0 Å². The SMILES string of the molecule is Nc1nc2ccccc2nc1-c1nnc(Cc2ccccc2C(F)(F)F)o1.